The fourth-order valence-corrected chi connectivity index (χ4v) is 10.2. The number of aliphatic hydroxyl groups excluding tert-OH is 2. The summed E-state index contributed by atoms with van der Waals surface area (Å²) in [4.78, 5) is 28.4. The summed E-state index contributed by atoms with van der Waals surface area (Å²) in [5, 5.41) is 33.4. The maximum atomic E-state index is 14.1. The molecule has 6 aromatic rings. The second kappa shape index (κ2) is 18.5. The summed E-state index contributed by atoms with van der Waals surface area (Å²) < 4.78 is 158. The number of halogens is 8. The van der Waals surface area contributed by atoms with Crippen LogP contribution in [0.15, 0.2) is 83.4 Å². The van der Waals surface area contributed by atoms with E-state index in [2.05, 4.69) is 20.4 Å². The number of hydrogen-bond acceptors (Lipinski definition) is 12. The van der Waals surface area contributed by atoms with Crippen molar-refractivity contribution >= 4 is 31.9 Å². The van der Waals surface area contributed by atoms with Gasteiger partial charge in [0.05, 0.1) is 49.5 Å². The molecular weight excluding hydrogens is 965 g/mol. The normalized spacial score (nSPS) is 14.9. The van der Waals surface area contributed by atoms with Crippen molar-refractivity contribution in [1.82, 2.24) is 47.7 Å². The van der Waals surface area contributed by atoms with E-state index in [1.54, 1.807) is 12.1 Å². The van der Waals surface area contributed by atoms with Gasteiger partial charge in [0.2, 0.25) is 21.9 Å². The SMILES string of the molecule is Cc1cn(CC(F)(F)F)nc1S(=O)(=O)n1cc2c(n1)CN(C(=O)[C@@H](CO)c1ccccc1F)C2.Cc1cn(CC(F)(F)F)nc1S(=O)(=O)n1cc2c(n1)CN(C(=O)[C@H](CO)c1ccccc1F)C2. The topological polar surface area (TPSA) is 221 Å². The summed E-state index contributed by atoms with van der Waals surface area (Å²) in [6, 6.07) is 11.2. The average Bonchev–Trinajstić information content (AvgIpc) is 4.10. The summed E-state index contributed by atoms with van der Waals surface area (Å²) >= 11 is 0. The predicted molar refractivity (Wildman–Crippen MR) is 217 cm³/mol. The molecule has 4 aromatic heterocycles. The zero-order valence-electron chi connectivity index (χ0n) is 35.4. The summed E-state index contributed by atoms with van der Waals surface area (Å²) in [5.41, 5.74) is 1.43. The van der Waals surface area contributed by atoms with Gasteiger partial charge in [-0.05, 0) is 26.0 Å². The molecule has 364 valence electrons. The van der Waals surface area contributed by atoms with Crippen molar-refractivity contribution in [3.63, 3.8) is 0 Å². The van der Waals surface area contributed by atoms with Gasteiger partial charge in [0.15, 0.2) is 0 Å². The zero-order valence-corrected chi connectivity index (χ0v) is 37.0. The Hall–Kier alpha value is -6.52. The van der Waals surface area contributed by atoms with Crippen LogP contribution in [0.1, 0.15) is 56.6 Å². The van der Waals surface area contributed by atoms with Crippen molar-refractivity contribution in [1.29, 1.82) is 0 Å². The minimum absolute atomic E-state index is 0.0207. The smallest absolute Gasteiger partial charge is 0.395 e. The summed E-state index contributed by atoms with van der Waals surface area (Å²) in [6.45, 7) is -1.71. The van der Waals surface area contributed by atoms with Gasteiger partial charge in [-0.3, -0.25) is 19.0 Å². The number of carbonyl (C=O) groups is 2. The first-order valence-corrected chi connectivity index (χ1v) is 22.8. The Morgan fingerprint density at radius 2 is 0.941 bits per heavy atom. The Morgan fingerprint density at radius 3 is 1.25 bits per heavy atom. The molecule has 2 aromatic carbocycles. The van der Waals surface area contributed by atoms with Gasteiger partial charge in [-0.1, -0.05) is 36.4 Å². The molecule has 18 nitrogen and oxygen atoms in total. The lowest BCUT2D eigenvalue weighted by Crippen LogP contribution is -2.33. The van der Waals surface area contributed by atoms with E-state index in [9.17, 15) is 71.8 Å². The van der Waals surface area contributed by atoms with Crippen LogP contribution in [0.25, 0.3) is 0 Å². The molecule has 0 saturated carbocycles. The van der Waals surface area contributed by atoms with Gasteiger partial charge in [-0.2, -0.15) is 71.7 Å². The third-order valence-electron chi connectivity index (χ3n) is 10.7. The van der Waals surface area contributed by atoms with Crippen molar-refractivity contribution in [3.05, 3.63) is 130 Å². The molecule has 2 N–H and O–H groups in total. The highest BCUT2D eigenvalue weighted by molar-refractivity contribution is 7.90. The number of aliphatic hydroxyl groups is 2. The Bertz CT molecular complexity index is 2860. The van der Waals surface area contributed by atoms with Crippen molar-refractivity contribution < 1.29 is 71.8 Å². The number of amides is 2. The Morgan fingerprint density at radius 1 is 0.588 bits per heavy atom. The van der Waals surface area contributed by atoms with Gasteiger partial charge in [0.25, 0.3) is 0 Å². The fraction of sp³-hybridized carbons (Fsp3) is 0.350. The molecule has 8 rings (SSSR count). The molecule has 0 saturated heterocycles. The number of rotatable bonds is 12. The molecule has 0 unspecified atom stereocenters. The maximum absolute atomic E-state index is 14.1. The maximum Gasteiger partial charge on any atom is 0.408 e. The van der Waals surface area contributed by atoms with Gasteiger partial charge in [0, 0.05) is 71.3 Å². The molecule has 2 aliphatic rings. The minimum atomic E-state index is -4.57. The molecule has 68 heavy (non-hydrogen) atoms. The van der Waals surface area contributed by atoms with E-state index in [-0.39, 0.29) is 59.8 Å². The van der Waals surface area contributed by atoms with Crippen molar-refractivity contribution in [2.24, 2.45) is 0 Å². The predicted octanol–water partition coefficient (Wildman–Crippen LogP) is 3.89. The lowest BCUT2D eigenvalue weighted by molar-refractivity contribution is -0.143. The van der Waals surface area contributed by atoms with Gasteiger partial charge in [-0.25, -0.2) is 8.78 Å². The molecule has 0 spiro atoms. The lowest BCUT2D eigenvalue weighted by Gasteiger charge is -2.22. The summed E-state index contributed by atoms with van der Waals surface area (Å²) in [5.74, 6) is -4.65. The number of benzene rings is 2. The first-order chi connectivity index (χ1) is 31.8. The van der Waals surface area contributed by atoms with Crippen LogP contribution in [0.2, 0.25) is 0 Å². The van der Waals surface area contributed by atoms with Crippen molar-refractivity contribution in [2.45, 2.75) is 87.4 Å². The highest BCUT2D eigenvalue weighted by atomic mass is 32.2. The average molecular weight is 1000 g/mol. The van der Waals surface area contributed by atoms with Crippen LogP contribution in [-0.2, 0) is 68.9 Å². The van der Waals surface area contributed by atoms with E-state index < -0.39 is 104 Å². The second-order valence-electron chi connectivity index (χ2n) is 15.7. The summed E-state index contributed by atoms with van der Waals surface area (Å²) in [6.07, 6.45) is -4.85. The lowest BCUT2D eigenvalue weighted by atomic mass is 9.98. The number of aromatic nitrogens is 8. The first kappa shape index (κ1) is 49.4. The molecule has 0 aliphatic carbocycles. The molecule has 0 radical (unpaired) electrons. The number of nitrogens with zero attached hydrogens (tertiary/aromatic N) is 10. The highest BCUT2D eigenvalue weighted by Gasteiger charge is 2.38. The van der Waals surface area contributed by atoms with Crippen molar-refractivity contribution in [3.8, 4) is 0 Å². The number of carbonyl (C=O) groups excluding carboxylic acids is 2. The quantitative estimate of drug-likeness (QED) is 0.167. The molecule has 2 amide bonds. The molecule has 6 heterocycles. The van der Waals surface area contributed by atoms with E-state index in [0.29, 0.717) is 28.7 Å². The largest absolute Gasteiger partial charge is 0.408 e. The third-order valence-corrected chi connectivity index (χ3v) is 13.9. The minimum Gasteiger partial charge on any atom is -0.395 e. The Balaban J connectivity index is 0.000000201. The van der Waals surface area contributed by atoms with Gasteiger partial charge < -0.3 is 20.0 Å². The number of aryl methyl sites for hydroxylation is 2. The number of fused-ring (bicyclic) bond motifs is 2. The second-order valence-corrected chi connectivity index (χ2v) is 19.1. The standard InChI is InChI=1S/2C20H19F4N5O4S/c2*1-12-6-28(11-20(22,23)24)26-18(12)34(32,33)29-8-13-7-27(9-17(13)25-29)19(31)15(10-30)14-4-2-3-5-16(14)21/h2*2-6,8,15,30H,7,9-11H2,1H3/t2*15-/m10/s1. The molecule has 0 bridgehead atoms. The van der Waals surface area contributed by atoms with Gasteiger partial charge in [0.1, 0.15) is 24.7 Å². The monoisotopic (exact) mass is 1000 g/mol. The third kappa shape index (κ3) is 10.2. The molecule has 2 atom stereocenters. The highest BCUT2D eigenvalue weighted by Crippen LogP contribution is 2.31. The van der Waals surface area contributed by atoms with Crippen LogP contribution in [0.5, 0.6) is 0 Å². The number of hydrogen-bond donors (Lipinski definition) is 2. The van der Waals surface area contributed by atoms with Crippen LogP contribution in [0.4, 0.5) is 35.1 Å². The molecule has 28 heteroatoms. The van der Waals surface area contributed by atoms with Gasteiger partial charge >= 0.3 is 32.4 Å². The molecule has 0 fully saturated rings. The van der Waals surface area contributed by atoms with E-state index in [0.717, 1.165) is 24.8 Å². The van der Waals surface area contributed by atoms with Crippen LogP contribution >= 0.6 is 0 Å². The Labute approximate surface area is 380 Å². The van der Waals surface area contributed by atoms with Crippen molar-refractivity contribution in [2.75, 3.05) is 13.2 Å². The van der Waals surface area contributed by atoms with E-state index in [4.69, 9.17) is 0 Å². The zero-order chi connectivity index (χ0) is 49.7. The van der Waals surface area contributed by atoms with E-state index >= 15 is 0 Å². The molecular formula is C40H38F8N10O8S2. The molecule has 2 aliphatic heterocycles. The van der Waals surface area contributed by atoms with Crippen LogP contribution in [0.3, 0.4) is 0 Å². The summed E-state index contributed by atoms with van der Waals surface area (Å²) in [7, 11) is -8.75. The van der Waals surface area contributed by atoms with Gasteiger partial charge in [-0.15, -0.1) is 0 Å². The fourth-order valence-electron chi connectivity index (χ4n) is 7.61. The van der Waals surface area contributed by atoms with Crippen LogP contribution in [-0.4, -0.2) is 112 Å². The number of alkyl halides is 6. The van der Waals surface area contributed by atoms with Crippen LogP contribution < -0.4 is 0 Å². The Kier molecular flexibility index (Phi) is 13.5. The van der Waals surface area contributed by atoms with E-state index in [1.165, 1.54) is 60.0 Å². The first-order valence-electron chi connectivity index (χ1n) is 20.0. The van der Waals surface area contributed by atoms with Crippen LogP contribution in [0, 0.1) is 25.5 Å². The van der Waals surface area contributed by atoms with E-state index in [1.807, 2.05) is 0 Å².